The predicted octanol–water partition coefficient (Wildman–Crippen LogP) is 3.37. The Balaban J connectivity index is 0.000000193. The van der Waals surface area contributed by atoms with E-state index in [1.54, 1.807) is 23.5 Å². The molecule has 2 heterocycles. The third kappa shape index (κ3) is 3.71. The summed E-state index contributed by atoms with van der Waals surface area (Å²) < 4.78 is 1.26. The van der Waals surface area contributed by atoms with Gasteiger partial charge in [0.25, 0.3) is 11.8 Å². The van der Waals surface area contributed by atoms with E-state index >= 15 is 0 Å². The van der Waals surface area contributed by atoms with Crippen molar-refractivity contribution >= 4 is 39.3 Å². The minimum absolute atomic E-state index is 0.212. The minimum atomic E-state index is -1.66. The van der Waals surface area contributed by atoms with E-state index in [4.69, 9.17) is 9.94 Å². The maximum Gasteiger partial charge on any atom is 0.338 e. The molecule has 0 bridgehead atoms. The van der Waals surface area contributed by atoms with E-state index in [1.165, 1.54) is 30.7 Å². The van der Waals surface area contributed by atoms with Crippen molar-refractivity contribution in [3.8, 4) is 0 Å². The Bertz CT molecular complexity index is 962. The normalized spacial score (nSPS) is 13.3. The van der Waals surface area contributed by atoms with Gasteiger partial charge < -0.3 is 5.11 Å². The van der Waals surface area contributed by atoms with Crippen LogP contribution in [0.2, 0.25) is 0 Å². The summed E-state index contributed by atoms with van der Waals surface area (Å²) in [6, 6.07) is 14.4. The Morgan fingerprint density at radius 1 is 1.04 bits per heavy atom. The summed E-state index contributed by atoms with van der Waals surface area (Å²) in [5, 5.41) is 9.42. The summed E-state index contributed by atoms with van der Waals surface area (Å²) in [6.07, 6.45) is 0. The van der Waals surface area contributed by atoms with Crippen LogP contribution in [0.25, 0.3) is 10.2 Å². The first-order chi connectivity index (χ1) is 12.8. The monoisotopic (exact) mass is 384 g/mol. The zero-order chi connectivity index (χ0) is 19.6. The fourth-order valence-electron chi connectivity index (χ4n) is 2.32. The lowest BCUT2D eigenvalue weighted by Gasteiger charge is -2.24. The van der Waals surface area contributed by atoms with Crippen LogP contribution in [0.4, 0.5) is 0 Å². The van der Waals surface area contributed by atoms with Crippen molar-refractivity contribution in [3.63, 3.8) is 0 Å². The Kier molecular flexibility index (Phi) is 5.02. The summed E-state index contributed by atoms with van der Waals surface area (Å²) in [4.78, 5) is 43.8. The number of aliphatic carboxylic acids is 1. The molecule has 1 aliphatic heterocycles. The van der Waals surface area contributed by atoms with Gasteiger partial charge in [-0.05, 0) is 38.1 Å². The van der Waals surface area contributed by atoms with Crippen LogP contribution in [0, 0.1) is 0 Å². The van der Waals surface area contributed by atoms with Crippen LogP contribution in [-0.2, 0) is 9.63 Å². The van der Waals surface area contributed by atoms with Crippen molar-refractivity contribution < 1.29 is 24.3 Å². The average Bonchev–Trinajstić information content (AvgIpc) is 3.22. The summed E-state index contributed by atoms with van der Waals surface area (Å²) in [7, 11) is 0. The standard InChI is InChI=1S/C12H11NO5.C7H5NS/c1-12(2,11(16)17)18-13-9(14)7-5-3-4-6-8(7)10(13)15;1-2-4-7-6(3-1)8-5-9-7/h3-6H,1-2H3,(H,16,17);1-5H. The van der Waals surface area contributed by atoms with Crippen LogP contribution in [-0.4, -0.2) is 38.5 Å². The molecular weight excluding hydrogens is 368 g/mol. The molecule has 7 nitrogen and oxygen atoms in total. The number of benzene rings is 2. The third-order valence-corrected chi connectivity index (χ3v) is 4.64. The molecule has 2 amide bonds. The number of rotatable bonds is 3. The number of imide groups is 1. The molecule has 2 aromatic carbocycles. The molecule has 4 rings (SSSR count). The highest BCUT2D eigenvalue weighted by molar-refractivity contribution is 7.16. The average molecular weight is 384 g/mol. The van der Waals surface area contributed by atoms with E-state index in [0.29, 0.717) is 5.06 Å². The molecule has 8 heteroatoms. The van der Waals surface area contributed by atoms with Gasteiger partial charge in [-0.15, -0.1) is 16.4 Å². The lowest BCUT2D eigenvalue weighted by Crippen LogP contribution is -2.44. The molecule has 0 aliphatic carbocycles. The van der Waals surface area contributed by atoms with Crippen molar-refractivity contribution in [2.24, 2.45) is 0 Å². The molecule has 3 aromatic rings. The van der Waals surface area contributed by atoms with Gasteiger partial charge in [-0.1, -0.05) is 24.3 Å². The number of hydrogen-bond donors (Lipinski definition) is 1. The molecule has 27 heavy (non-hydrogen) atoms. The van der Waals surface area contributed by atoms with Gasteiger partial charge in [0, 0.05) is 0 Å². The van der Waals surface area contributed by atoms with E-state index < -0.39 is 23.4 Å². The molecule has 0 spiro atoms. The Morgan fingerprint density at radius 3 is 2.15 bits per heavy atom. The molecule has 138 valence electrons. The summed E-state index contributed by atoms with van der Waals surface area (Å²) in [6.45, 7) is 2.53. The number of fused-ring (bicyclic) bond motifs is 2. The third-order valence-electron chi connectivity index (χ3n) is 3.83. The molecule has 1 N–H and O–H groups in total. The number of nitrogens with zero attached hydrogens (tertiary/aromatic N) is 2. The predicted molar refractivity (Wildman–Crippen MR) is 99.4 cm³/mol. The van der Waals surface area contributed by atoms with E-state index in [2.05, 4.69) is 11.1 Å². The molecule has 0 fully saturated rings. The minimum Gasteiger partial charge on any atom is -0.479 e. The number of hydrogen-bond acceptors (Lipinski definition) is 6. The molecule has 1 aromatic heterocycles. The molecule has 1 aliphatic rings. The molecule has 0 saturated heterocycles. The van der Waals surface area contributed by atoms with Gasteiger partial charge >= 0.3 is 5.97 Å². The fourth-order valence-corrected chi connectivity index (χ4v) is 3.00. The highest BCUT2D eigenvalue weighted by Crippen LogP contribution is 2.25. The lowest BCUT2D eigenvalue weighted by atomic mass is 10.1. The van der Waals surface area contributed by atoms with Gasteiger partial charge in [-0.25, -0.2) is 14.6 Å². The first kappa shape index (κ1) is 18.7. The van der Waals surface area contributed by atoms with Crippen LogP contribution in [0.5, 0.6) is 0 Å². The highest BCUT2D eigenvalue weighted by atomic mass is 32.1. The van der Waals surface area contributed by atoms with Crippen molar-refractivity contribution in [1.29, 1.82) is 0 Å². The van der Waals surface area contributed by atoms with E-state index in [-0.39, 0.29) is 11.1 Å². The first-order valence-corrected chi connectivity index (χ1v) is 8.88. The molecular formula is C19H16N2O5S. The summed E-state index contributed by atoms with van der Waals surface area (Å²) >= 11 is 1.68. The number of carbonyl (C=O) groups excluding carboxylic acids is 2. The zero-order valence-corrected chi connectivity index (χ0v) is 15.4. The van der Waals surface area contributed by atoms with Gasteiger partial charge in [0.15, 0.2) is 5.60 Å². The Hall–Kier alpha value is -3.10. The fraction of sp³-hybridized carbons (Fsp3) is 0.158. The SMILES string of the molecule is CC(C)(ON1C(=O)c2ccccc2C1=O)C(=O)O.c1ccc2scnc2c1. The number of para-hydroxylation sites is 1. The number of carboxylic acid groups (broad SMARTS) is 1. The number of carbonyl (C=O) groups is 3. The van der Waals surface area contributed by atoms with Gasteiger partial charge in [0.1, 0.15) is 0 Å². The Morgan fingerprint density at radius 2 is 1.59 bits per heavy atom. The van der Waals surface area contributed by atoms with Gasteiger partial charge in [0.05, 0.1) is 26.9 Å². The molecule has 0 unspecified atom stereocenters. The highest BCUT2D eigenvalue weighted by Gasteiger charge is 2.42. The lowest BCUT2D eigenvalue weighted by molar-refractivity contribution is -0.198. The number of thiazole rings is 1. The van der Waals surface area contributed by atoms with Crippen molar-refractivity contribution in [2.45, 2.75) is 19.4 Å². The molecule has 0 radical (unpaired) electrons. The maximum atomic E-state index is 11.9. The zero-order valence-electron chi connectivity index (χ0n) is 14.6. The van der Waals surface area contributed by atoms with Crippen molar-refractivity contribution in [1.82, 2.24) is 10.0 Å². The number of hydroxylamine groups is 2. The van der Waals surface area contributed by atoms with Gasteiger partial charge in [-0.3, -0.25) is 9.59 Å². The summed E-state index contributed by atoms with van der Waals surface area (Å²) in [5.74, 6) is -2.56. The van der Waals surface area contributed by atoms with Crippen LogP contribution in [0.15, 0.2) is 54.0 Å². The number of amides is 2. The van der Waals surface area contributed by atoms with Crippen LogP contribution >= 0.6 is 11.3 Å². The maximum absolute atomic E-state index is 11.9. The van der Waals surface area contributed by atoms with E-state index in [0.717, 1.165) is 5.52 Å². The smallest absolute Gasteiger partial charge is 0.338 e. The molecule has 0 atom stereocenters. The number of carboxylic acids is 1. The van der Waals surface area contributed by atoms with E-state index in [9.17, 15) is 14.4 Å². The molecule has 0 saturated carbocycles. The second kappa shape index (κ2) is 7.26. The quantitative estimate of drug-likeness (QED) is 0.696. The Labute approximate surface area is 158 Å². The second-order valence-corrected chi connectivity index (χ2v) is 7.06. The topological polar surface area (TPSA) is 96.8 Å². The van der Waals surface area contributed by atoms with Gasteiger partial charge in [-0.2, -0.15) is 0 Å². The van der Waals surface area contributed by atoms with Crippen molar-refractivity contribution in [3.05, 3.63) is 65.2 Å². The van der Waals surface area contributed by atoms with E-state index in [1.807, 2.05) is 23.7 Å². The van der Waals surface area contributed by atoms with Crippen LogP contribution in [0.3, 0.4) is 0 Å². The van der Waals surface area contributed by atoms with Gasteiger partial charge in [0.2, 0.25) is 0 Å². The largest absolute Gasteiger partial charge is 0.479 e. The summed E-state index contributed by atoms with van der Waals surface area (Å²) in [5.41, 5.74) is 1.73. The van der Waals surface area contributed by atoms with Crippen molar-refractivity contribution in [2.75, 3.05) is 0 Å². The van der Waals surface area contributed by atoms with Crippen LogP contribution in [0.1, 0.15) is 34.6 Å². The number of aromatic nitrogens is 1. The second-order valence-electron chi connectivity index (χ2n) is 6.18. The van der Waals surface area contributed by atoms with Crippen LogP contribution < -0.4 is 0 Å². The first-order valence-electron chi connectivity index (χ1n) is 8.00.